The van der Waals surface area contributed by atoms with Crippen LogP contribution in [0.25, 0.3) is 0 Å². The fourth-order valence-corrected chi connectivity index (χ4v) is 6.83. The second-order valence-corrected chi connectivity index (χ2v) is 8.54. The average molecular weight is 256 g/mol. The van der Waals surface area contributed by atoms with Crippen molar-refractivity contribution in [2.24, 2.45) is 0 Å². The molecule has 0 unspecified atom stereocenters. The lowest BCUT2D eigenvalue weighted by Crippen LogP contribution is -2.59. The molecule has 2 rings (SSSR count). The molecular weight excluding hydrogens is 240 g/mol. The zero-order valence-electron chi connectivity index (χ0n) is 9.97. The third-order valence-electron chi connectivity index (χ3n) is 3.01. The fraction of sp³-hybridized carbons (Fsp3) is 0. The van der Waals surface area contributed by atoms with E-state index in [9.17, 15) is 0 Å². The second-order valence-electron chi connectivity index (χ2n) is 3.88. The normalized spacial score (nSPS) is 11.3. The maximum Gasteiger partial charge on any atom is 0.269 e. The van der Waals surface area contributed by atoms with Gasteiger partial charge in [-0.2, -0.15) is 0 Å². The Bertz CT molecular complexity index is 443. The van der Waals surface area contributed by atoms with Crippen molar-refractivity contribution in [3.05, 3.63) is 72.9 Å². The highest BCUT2D eigenvalue weighted by Crippen LogP contribution is 2.07. The monoisotopic (exact) mass is 256 g/mol. The highest BCUT2D eigenvalue weighted by molar-refractivity contribution is 7.02. The third kappa shape index (κ3) is 2.17. The summed E-state index contributed by atoms with van der Waals surface area (Å²) in [5, 5.41) is 2.52. The molecule has 0 N–H and O–H groups in total. The predicted octanol–water partition coefficient (Wildman–Crippen LogP) is 0.769. The van der Waals surface area contributed by atoms with Crippen LogP contribution in [0.2, 0.25) is 0 Å². The summed E-state index contributed by atoms with van der Waals surface area (Å²) in [7, 11) is -1.45. The molecule has 0 amide bonds. The molecule has 0 aliphatic rings. The Labute approximate surface area is 106 Å². The minimum Gasteiger partial charge on any atom is -0.455 e. The summed E-state index contributed by atoms with van der Waals surface area (Å²) < 4.78 is 6.02. The minimum absolute atomic E-state index is 0.716. The topological polar surface area (TPSA) is 9.23 Å². The van der Waals surface area contributed by atoms with Crippen LogP contribution in [0.15, 0.2) is 72.9 Å². The van der Waals surface area contributed by atoms with E-state index < -0.39 is 8.32 Å². The van der Waals surface area contributed by atoms with Crippen molar-refractivity contribution in [3.8, 4) is 0 Å². The van der Waals surface area contributed by atoms with Crippen LogP contribution in [-0.2, 0) is 4.12 Å². The molecule has 0 atom stereocenters. The lowest BCUT2D eigenvalue weighted by Gasteiger charge is -2.27. The highest BCUT2D eigenvalue weighted by atomic mass is 28.4. The molecule has 0 aliphatic heterocycles. The van der Waals surface area contributed by atoms with Crippen LogP contribution < -0.4 is 10.4 Å². The van der Waals surface area contributed by atoms with Gasteiger partial charge in [0.2, 0.25) is 0 Å². The molecule has 3 heteroatoms. The first kappa shape index (κ1) is 12.0. The molecule has 0 spiro atoms. The van der Waals surface area contributed by atoms with Gasteiger partial charge in [-0.25, -0.2) is 0 Å². The van der Waals surface area contributed by atoms with Crippen LogP contribution in [0.4, 0.5) is 0 Å². The molecule has 0 saturated heterocycles. The van der Waals surface area contributed by atoms with E-state index in [1.165, 1.54) is 10.4 Å². The first-order chi connectivity index (χ1) is 8.33. The zero-order valence-corrected chi connectivity index (χ0v) is 13.0. The number of hydrogen-bond donors (Lipinski definition) is 0. The molecule has 86 valence electrons. The molecule has 2 aromatic rings. The molecule has 17 heavy (non-hydrogen) atoms. The van der Waals surface area contributed by atoms with Gasteiger partial charge < -0.3 is 4.12 Å². The predicted molar refractivity (Wildman–Crippen MR) is 79.1 cm³/mol. The first-order valence-electron chi connectivity index (χ1n) is 5.63. The Morgan fingerprint density at radius 3 is 1.59 bits per heavy atom. The Balaban J connectivity index is 2.58. The number of benzene rings is 2. The van der Waals surface area contributed by atoms with Crippen molar-refractivity contribution in [1.82, 2.24) is 0 Å². The van der Waals surface area contributed by atoms with Gasteiger partial charge in [-0.15, -0.1) is 6.58 Å². The summed E-state index contributed by atoms with van der Waals surface area (Å²) >= 11 is 0. The van der Waals surface area contributed by atoms with Gasteiger partial charge in [-0.3, -0.25) is 0 Å². The van der Waals surface area contributed by atoms with Crippen LogP contribution >= 0.6 is 0 Å². The molecule has 2 aromatic carbocycles. The molecule has 0 saturated carbocycles. The van der Waals surface area contributed by atoms with Gasteiger partial charge in [0.1, 0.15) is 10.5 Å². The smallest absolute Gasteiger partial charge is 0.269 e. The van der Waals surface area contributed by atoms with Gasteiger partial charge in [0.15, 0.2) is 0 Å². The van der Waals surface area contributed by atoms with E-state index in [0.29, 0.717) is 10.5 Å². The van der Waals surface area contributed by atoms with E-state index in [1.54, 1.807) is 0 Å². The molecule has 1 nitrogen and oxygen atoms in total. The van der Waals surface area contributed by atoms with Gasteiger partial charge in [0.05, 0.1) is 0 Å². The Morgan fingerprint density at radius 2 is 1.29 bits per heavy atom. The van der Waals surface area contributed by atoms with Crippen molar-refractivity contribution in [2.45, 2.75) is 0 Å². The Morgan fingerprint density at radius 1 is 0.882 bits per heavy atom. The third-order valence-corrected chi connectivity index (χ3v) is 8.55. The maximum absolute atomic E-state index is 6.02. The summed E-state index contributed by atoms with van der Waals surface area (Å²) in [4.78, 5) is 0. The summed E-state index contributed by atoms with van der Waals surface area (Å²) in [5.41, 5.74) is 2.02. The van der Waals surface area contributed by atoms with Crippen molar-refractivity contribution < 1.29 is 4.12 Å². The molecule has 0 fully saturated rings. The van der Waals surface area contributed by atoms with Crippen LogP contribution in [0.3, 0.4) is 0 Å². The second kappa shape index (κ2) is 5.27. The van der Waals surface area contributed by atoms with E-state index in [1.807, 2.05) is 17.8 Å². The van der Waals surface area contributed by atoms with Gasteiger partial charge in [0, 0.05) is 0 Å². The van der Waals surface area contributed by atoms with Crippen molar-refractivity contribution in [2.75, 3.05) is 0 Å². The lowest BCUT2D eigenvalue weighted by atomic mass is 10.4. The molecule has 0 aromatic heterocycles. The SMILES string of the molecule is C=C[Si](O[SiH3])(c1ccccc1)c1ccccc1. The van der Waals surface area contributed by atoms with E-state index in [4.69, 9.17) is 4.12 Å². The summed E-state index contributed by atoms with van der Waals surface area (Å²) in [5.74, 6) is 0. The maximum atomic E-state index is 6.02. The van der Waals surface area contributed by atoms with Crippen LogP contribution in [0.5, 0.6) is 0 Å². The van der Waals surface area contributed by atoms with Crippen molar-refractivity contribution in [3.63, 3.8) is 0 Å². The molecule has 0 aliphatic carbocycles. The number of rotatable bonds is 4. The molecule has 0 bridgehead atoms. The van der Waals surface area contributed by atoms with Gasteiger partial charge >= 0.3 is 0 Å². The zero-order chi connectivity index (χ0) is 12.1. The summed E-state index contributed by atoms with van der Waals surface area (Å²) in [6.07, 6.45) is 0. The largest absolute Gasteiger partial charge is 0.455 e. The van der Waals surface area contributed by atoms with Crippen molar-refractivity contribution in [1.29, 1.82) is 0 Å². The summed E-state index contributed by atoms with van der Waals surface area (Å²) in [6, 6.07) is 20.9. The van der Waals surface area contributed by atoms with E-state index >= 15 is 0 Å². The average Bonchev–Trinajstić information content (AvgIpc) is 2.43. The molecule has 0 radical (unpaired) electrons. The van der Waals surface area contributed by atoms with E-state index in [0.717, 1.165) is 0 Å². The molecule has 0 heterocycles. The van der Waals surface area contributed by atoms with E-state index in [2.05, 4.69) is 55.1 Å². The summed E-state index contributed by atoms with van der Waals surface area (Å²) in [6.45, 7) is 4.02. The molecular formula is C14H16OSi2. The van der Waals surface area contributed by atoms with Gasteiger partial charge in [-0.05, 0) is 10.4 Å². The fourth-order valence-electron chi connectivity index (χ4n) is 2.09. The van der Waals surface area contributed by atoms with Crippen LogP contribution in [-0.4, -0.2) is 18.8 Å². The Kier molecular flexibility index (Phi) is 3.73. The van der Waals surface area contributed by atoms with Crippen molar-refractivity contribution >= 4 is 29.2 Å². The van der Waals surface area contributed by atoms with Crippen LogP contribution in [0.1, 0.15) is 0 Å². The highest BCUT2D eigenvalue weighted by Gasteiger charge is 2.34. The first-order valence-corrected chi connectivity index (χ1v) is 8.43. The van der Waals surface area contributed by atoms with Crippen LogP contribution in [0, 0.1) is 0 Å². The Hall–Kier alpha value is -1.43. The number of hydrogen-bond acceptors (Lipinski definition) is 1. The van der Waals surface area contributed by atoms with E-state index in [-0.39, 0.29) is 0 Å². The standard InChI is InChI=1S/C14H16OSi2/c1-2-17(15-16,13-9-5-3-6-10-13)14-11-7-4-8-12-14/h2-12H,1H2,16H3. The lowest BCUT2D eigenvalue weighted by molar-refractivity contribution is 0.642. The minimum atomic E-state index is -2.17. The van der Waals surface area contributed by atoms with Gasteiger partial charge in [-0.1, -0.05) is 66.4 Å². The van der Waals surface area contributed by atoms with Gasteiger partial charge in [0.25, 0.3) is 8.32 Å². The quantitative estimate of drug-likeness (QED) is 0.734.